The van der Waals surface area contributed by atoms with Gasteiger partial charge in [0, 0.05) is 50.0 Å². The highest BCUT2D eigenvalue weighted by molar-refractivity contribution is 5.93. The summed E-state index contributed by atoms with van der Waals surface area (Å²) in [6, 6.07) is 8.16. The molecule has 7 heteroatoms. The van der Waals surface area contributed by atoms with Gasteiger partial charge in [-0.2, -0.15) is 5.10 Å². The summed E-state index contributed by atoms with van der Waals surface area (Å²) in [7, 11) is 1.96. The molecule has 1 aromatic heterocycles. The van der Waals surface area contributed by atoms with Crippen molar-refractivity contribution >= 4 is 17.6 Å². The lowest BCUT2D eigenvalue weighted by molar-refractivity contribution is -0.119. The van der Waals surface area contributed by atoms with Gasteiger partial charge in [-0.25, -0.2) is 4.99 Å². The summed E-state index contributed by atoms with van der Waals surface area (Å²) < 4.78 is 1.91. The third kappa shape index (κ3) is 5.16. The van der Waals surface area contributed by atoms with Crippen molar-refractivity contribution in [3.05, 3.63) is 46.8 Å². The Morgan fingerprint density at radius 3 is 2.55 bits per heavy atom. The normalized spacial score (nSPS) is 15.0. The fourth-order valence-corrected chi connectivity index (χ4v) is 3.62. The van der Waals surface area contributed by atoms with Crippen molar-refractivity contribution in [3.8, 4) is 0 Å². The summed E-state index contributed by atoms with van der Waals surface area (Å²) in [6.45, 7) is 9.05. The van der Waals surface area contributed by atoms with Crippen LogP contribution >= 0.6 is 0 Å². The van der Waals surface area contributed by atoms with Gasteiger partial charge in [0.05, 0.1) is 12.2 Å². The fourth-order valence-electron chi connectivity index (χ4n) is 3.62. The monoisotopic (exact) mass is 396 g/mol. The van der Waals surface area contributed by atoms with Gasteiger partial charge in [0.1, 0.15) is 0 Å². The first-order valence-electron chi connectivity index (χ1n) is 10.4. The van der Waals surface area contributed by atoms with E-state index in [2.05, 4.69) is 41.7 Å². The summed E-state index contributed by atoms with van der Waals surface area (Å²) in [4.78, 5) is 18.7. The van der Waals surface area contributed by atoms with E-state index in [1.807, 2.05) is 35.7 Å². The Kier molecular flexibility index (Phi) is 6.90. The Morgan fingerprint density at radius 1 is 1.17 bits per heavy atom. The molecule has 0 aliphatic carbocycles. The predicted molar refractivity (Wildman–Crippen MR) is 117 cm³/mol. The third-order valence-electron chi connectivity index (χ3n) is 5.43. The molecule has 156 valence electrons. The smallest absolute Gasteiger partial charge is 0.226 e. The van der Waals surface area contributed by atoms with Crippen LogP contribution in [0, 0.1) is 13.8 Å². The molecular formula is C22H32N6O. The van der Waals surface area contributed by atoms with E-state index in [0.29, 0.717) is 19.5 Å². The summed E-state index contributed by atoms with van der Waals surface area (Å²) in [5.74, 6) is 1.01. The van der Waals surface area contributed by atoms with Crippen LogP contribution in [0.25, 0.3) is 0 Å². The Bertz CT molecular complexity index is 868. The second-order valence-electron chi connectivity index (χ2n) is 7.49. The number of benzene rings is 1. The molecule has 1 amide bonds. The summed E-state index contributed by atoms with van der Waals surface area (Å²) >= 11 is 0. The molecule has 0 radical (unpaired) electrons. The van der Waals surface area contributed by atoms with E-state index in [-0.39, 0.29) is 5.91 Å². The summed E-state index contributed by atoms with van der Waals surface area (Å²) in [6.07, 6.45) is 2.73. The number of anilines is 1. The SMILES string of the molecule is CCNC(=NCc1ccc(N2CCCCC2=O)cc1)NCc1c(C)nn(C)c1C. The second-order valence-corrected chi connectivity index (χ2v) is 7.49. The van der Waals surface area contributed by atoms with Crippen molar-refractivity contribution in [3.63, 3.8) is 0 Å². The van der Waals surface area contributed by atoms with E-state index in [1.54, 1.807) is 0 Å². The third-order valence-corrected chi connectivity index (χ3v) is 5.43. The molecule has 0 bridgehead atoms. The zero-order chi connectivity index (χ0) is 20.8. The number of guanidine groups is 1. The molecule has 1 aliphatic heterocycles. The van der Waals surface area contributed by atoms with Crippen molar-refractivity contribution in [2.24, 2.45) is 12.0 Å². The van der Waals surface area contributed by atoms with Crippen molar-refractivity contribution in [1.82, 2.24) is 20.4 Å². The number of hydrogen-bond donors (Lipinski definition) is 2. The van der Waals surface area contributed by atoms with E-state index < -0.39 is 0 Å². The van der Waals surface area contributed by atoms with Crippen LogP contribution in [-0.4, -0.2) is 34.7 Å². The molecular weight excluding hydrogens is 364 g/mol. The van der Waals surface area contributed by atoms with Crippen LogP contribution in [0.1, 0.15) is 48.7 Å². The number of aliphatic imine (C=N–C) groups is 1. The Morgan fingerprint density at radius 2 is 1.93 bits per heavy atom. The molecule has 0 spiro atoms. The van der Waals surface area contributed by atoms with Crippen LogP contribution in [0.5, 0.6) is 0 Å². The number of aryl methyl sites for hydroxylation is 2. The average molecular weight is 397 g/mol. The van der Waals surface area contributed by atoms with Crippen LogP contribution in [0.3, 0.4) is 0 Å². The van der Waals surface area contributed by atoms with Crippen LogP contribution < -0.4 is 15.5 Å². The summed E-state index contributed by atoms with van der Waals surface area (Å²) in [5.41, 5.74) is 5.50. The van der Waals surface area contributed by atoms with Gasteiger partial charge in [0.2, 0.25) is 5.91 Å². The van der Waals surface area contributed by atoms with E-state index >= 15 is 0 Å². The number of carbonyl (C=O) groups is 1. The first-order valence-corrected chi connectivity index (χ1v) is 10.4. The van der Waals surface area contributed by atoms with Crippen LogP contribution in [-0.2, 0) is 24.9 Å². The maximum Gasteiger partial charge on any atom is 0.226 e. The minimum Gasteiger partial charge on any atom is -0.357 e. The topological polar surface area (TPSA) is 74.6 Å². The Hall–Kier alpha value is -2.83. The molecule has 3 rings (SSSR count). The average Bonchev–Trinajstić information content (AvgIpc) is 2.96. The minimum absolute atomic E-state index is 0.224. The van der Waals surface area contributed by atoms with Crippen LogP contribution in [0.2, 0.25) is 0 Å². The van der Waals surface area contributed by atoms with E-state index in [4.69, 9.17) is 4.99 Å². The molecule has 1 fully saturated rings. The lowest BCUT2D eigenvalue weighted by atomic mass is 10.1. The van der Waals surface area contributed by atoms with Gasteiger partial charge in [0.25, 0.3) is 0 Å². The first kappa shape index (κ1) is 20.9. The van der Waals surface area contributed by atoms with Gasteiger partial charge in [-0.05, 0) is 51.3 Å². The largest absolute Gasteiger partial charge is 0.357 e. The molecule has 7 nitrogen and oxygen atoms in total. The van der Waals surface area contributed by atoms with E-state index in [0.717, 1.165) is 54.5 Å². The molecule has 0 saturated carbocycles. The highest BCUT2D eigenvalue weighted by atomic mass is 16.2. The van der Waals surface area contributed by atoms with Crippen LogP contribution in [0.4, 0.5) is 5.69 Å². The lowest BCUT2D eigenvalue weighted by Crippen LogP contribution is -2.37. The minimum atomic E-state index is 0.224. The van der Waals surface area contributed by atoms with Crippen molar-refractivity contribution in [2.75, 3.05) is 18.0 Å². The number of piperidine rings is 1. The molecule has 0 unspecified atom stereocenters. The number of rotatable bonds is 6. The molecule has 1 aliphatic rings. The number of aromatic nitrogens is 2. The van der Waals surface area contributed by atoms with Gasteiger partial charge >= 0.3 is 0 Å². The highest BCUT2D eigenvalue weighted by Crippen LogP contribution is 2.21. The van der Waals surface area contributed by atoms with Gasteiger partial charge in [-0.1, -0.05) is 12.1 Å². The maximum atomic E-state index is 12.1. The molecule has 1 aromatic carbocycles. The molecule has 29 heavy (non-hydrogen) atoms. The number of amides is 1. The van der Waals surface area contributed by atoms with Gasteiger partial charge in [-0.15, -0.1) is 0 Å². The molecule has 2 N–H and O–H groups in total. The van der Waals surface area contributed by atoms with Gasteiger partial charge in [0.15, 0.2) is 5.96 Å². The van der Waals surface area contributed by atoms with Crippen LogP contribution in [0.15, 0.2) is 29.3 Å². The molecule has 0 atom stereocenters. The molecule has 2 aromatic rings. The Labute approximate surface area is 173 Å². The second kappa shape index (κ2) is 9.58. The van der Waals surface area contributed by atoms with Gasteiger partial charge in [-0.3, -0.25) is 9.48 Å². The highest BCUT2D eigenvalue weighted by Gasteiger charge is 2.19. The lowest BCUT2D eigenvalue weighted by Gasteiger charge is -2.26. The zero-order valence-corrected chi connectivity index (χ0v) is 18.0. The van der Waals surface area contributed by atoms with Crippen molar-refractivity contribution < 1.29 is 4.79 Å². The zero-order valence-electron chi connectivity index (χ0n) is 18.0. The number of carbonyl (C=O) groups excluding carboxylic acids is 1. The maximum absolute atomic E-state index is 12.1. The van der Waals surface area contributed by atoms with Gasteiger partial charge < -0.3 is 15.5 Å². The Balaban J connectivity index is 1.62. The number of hydrogen-bond acceptors (Lipinski definition) is 3. The number of nitrogens with one attached hydrogen (secondary N) is 2. The first-order chi connectivity index (χ1) is 14.0. The number of nitrogens with zero attached hydrogens (tertiary/aromatic N) is 4. The quantitative estimate of drug-likeness (QED) is 0.582. The van der Waals surface area contributed by atoms with Crippen molar-refractivity contribution in [2.45, 2.75) is 53.1 Å². The van der Waals surface area contributed by atoms with E-state index in [9.17, 15) is 4.79 Å². The fraction of sp³-hybridized carbons (Fsp3) is 0.500. The predicted octanol–water partition coefficient (Wildman–Crippen LogP) is 2.81. The molecule has 2 heterocycles. The summed E-state index contributed by atoms with van der Waals surface area (Å²) in [5, 5.41) is 11.2. The van der Waals surface area contributed by atoms with E-state index in [1.165, 1.54) is 5.56 Å². The molecule has 1 saturated heterocycles. The standard InChI is InChI=1S/C22H32N6O/c1-5-23-22(25-15-20-16(2)26-27(4)17(20)3)24-14-18-9-11-19(12-10-18)28-13-7-6-8-21(28)29/h9-12H,5-8,13-15H2,1-4H3,(H2,23,24,25). The van der Waals surface area contributed by atoms with Crippen molar-refractivity contribution in [1.29, 1.82) is 0 Å².